The molecule has 0 aromatic heterocycles. The Hall–Kier alpha value is -3.41. The van der Waals surface area contributed by atoms with Gasteiger partial charge in [0.25, 0.3) is 5.91 Å². The number of nitrogens with zero attached hydrogens (tertiary/aromatic N) is 2. The van der Waals surface area contributed by atoms with Crippen molar-refractivity contribution in [1.29, 1.82) is 0 Å². The molecule has 1 aromatic rings. The SMILES string of the molecule is CC1N(c2cccc(C(F)(F)F)c2)C(=O)C(C(=O)O)=CC1(C(=O)O)C(=O)N1CCC(O)C1. The first-order valence-corrected chi connectivity index (χ1v) is 9.48. The molecule has 1 saturated heterocycles. The number of aliphatic hydroxyl groups excluding tert-OH is 1. The number of carboxylic acid groups (broad SMARTS) is 2. The van der Waals surface area contributed by atoms with E-state index in [0.29, 0.717) is 17.0 Å². The summed E-state index contributed by atoms with van der Waals surface area (Å²) in [5.41, 5.74) is -5.21. The molecule has 3 N–H and O–H groups in total. The van der Waals surface area contributed by atoms with E-state index in [0.717, 1.165) is 30.0 Å². The largest absolute Gasteiger partial charge is 0.480 e. The van der Waals surface area contributed by atoms with Crippen molar-refractivity contribution >= 4 is 29.4 Å². The number of benzene rings is 1. The van der Waals surface area contributed by atoms with Crippen LogP contribution in [0.2, 0.25) is 0 Å². The number of halogens is 3. The van der Waals surface area contributed by atoms with Crippen molar-refractivity contribution in [3.8, 4) is 0 Å². The molecule has 0 radical (unpaired) electrons. The molecule has 2 aliphatic rings. The zero-order valence-electron chi connectivity index (χ0n) is 16.7. The van der Waals surface area contributed by atoms with Crippen LogP contribution in [-0.4, -0.2) is 69.2 Å². The molecule has 0 saturated carbocycles. The summed E-state index contributed by atoms with van der Waals surface area (Å²) in [6.45, 7) is 0.940. The molecule has 3 rings (SSSR count). The maximum absolute atomic E-state index is 13.3. The molecule has 2 amide bonds. The van der Waals surface area contributed by atoms with E-state index in [2.05, 4.69) is 0 Å². The maximum atomic E-state index is 13.3. The molecule has 172 valence electrons. The van der Waals surface area contributed by atoms with Crippen LogP contribution < -0.4 is 4.90 Å². The summed E-state index contributed by atoms with van der Waals surface area (Å²) in [7, 11) is 0. The van der Waals surface area contributed by atoms with Gasteiger partial charge < -0.3 is 25.1 Å². The number of β-amino-alcohol motifs (C(OH)–C–C–N with tert-alkyl or cyclic N) is 1. The number of anilines is 1. The fourth-order valence-electron chi connectivity index (χ4n) is 4.01. The Balaban J connectivity index is 2.21. The van der Waals surface area contributed by atoms with Crippen LogP contribution in [0.1, 0.15) is 18.9 Å². The smallest absolute Gasteiger partial charge is 0.416 e. The van der Waals surface area contributed by atoms with Gasteiger partial charge >= 0.3 is 18.1 Å². The minimum absolute atomic E-state index is 0.00446. The number of aliphatic carboxylic acids is 2. The average molecular weight is 456 g/mol. The van der Waals surface area contributed by atoms with Crippen LogP contribution >= 0.6 is 0 Å². The highest BCUT2D eigenvalue weighted by atomic mass is 19.4. The first kappa shape index (κ1) is 23.3. The number of carbonyl (C=O) groups is 4. The number of hydrogen-bond donors (Lipinski definition) is 3. The van der Waals surface area contributed by atoms with Gasteiger partial charge in [0, 0.05) is 18.8 Å². The van der Waals surface area contributed by atoms with Crippen molar-refractivity contribution in [3.63, 3.8) is 0 Å². The number of hydrogen-bond acceptors (Lipinski definition) is 5. The van der Waals surface area contributed by atoms with E-state index in [9.17, 15) is 47.7 Å². The lowest BCUT2D eigenvalue weighted by Crippen LogP contribution is -2.63. The minimum atomic E-state index is -4.78. The molecule has 3 atom stereocenters. The van der Waals surface area contributed by atoms with Gasteiger partial charge in [0.05, 0.1) is 17.7 Å². The van der Waals surface area contributed by atoms with Gasteiger partial charge in [-0.15, -0.1) is 0 Å². The molecule has 32 heavy (non-hydrogen) atoms. The van der Waals surface area contributed by atoms with Crippen molar-refractivity contribution in [1.82, 2.24) is 4.90 Å². The summed E-state index contributed by atoms with van der Waals surface area (Å²) in [4.78, 5) is 51.9. The number of rotatable bonds is 4. The molecule has 1 aromatic carbocycles. The van der Waals surface area contributed by atoms with E-state index >= 15 is 0 Å². The molecular weight excluding hydrogens is 437 g/mol. The third-order valence-corrected chi connectivity index (χ3v) is 5.71. The summed E-state index contributed by atoms with van der Waals surface area (Å²) < 4.78 is 39.6. The van der Waals surface area contributed by atoms with E-state index in [1.807, 2.05) is 0 Å². The van der Waals surface area contributed by atoms with Gasteiger partial charge in [-0.2, -0.15) is 13.2 Å². The highest BCUT2D eigenvalue weighted by molar-refractivity contribution is 6.25. The second-order valence-corrected chi connectivity index (χ2v) is 7.63. The Morgan fingerprint density at radius 3 is 2.34 bits per heavy atom. The van der Waals surface area contributed by atoms with Gasteiger partial charge in [-0.25, -0.2) is 4.79 Å². The Bertz CT molecular complexity index is 1020. The van der Waals surface area contributed by atoms with E-state index in [-0.39, 0.29) is 19.5 Å². The summed E-state index contributed by atoms with van der Waals surface area (Å²) in [5, 5.41) is 29.3. The molecule has 9 nitrogen and oxygen atoms in total. The van der Waals surface area contributed by atoms with E-state index in [1.54, 1.807) is 0 Å². The second kappa shape index (κ2) is 7.93. The van der Waals surface area contributed by atoms with Crippen LogP contribution in [-0.2, 0) is 25.4 Å². The monoisotopic (exact) mass is 456 g/mol. The minimum Gasteiger partial charge on any atom is -0.480 e. The predicted molar refractivity (Wildman–Crippen MR) is 101 cm³/mol. The summed E-state index contributed by atoms with van der Waals surface area (Å²) >= 11 is 0. The second-order valence-electron chi connectivity index (χ2n) is 7.63. The van der Waals surface area contributed by atoms with Crippen LogP contribution in [0.25, 0.3) is 0 Å². The topological polar surface area (TPSA) is 135 Å². The number of aliphatic hydroxyl groups is 1. The van der Waals surface area contributed by atoms with Crippen LogP contribution in [0.5, 0.6) is 0 Å². The highest BCUT2D eigenvalue weighted by Crippen LogP contribution is 2.41. The quantitative estimate of drug-likeness (QED) is 0.456. The van der Waals surface area contributed by atoms with Crippen molar-refractivity contribution in [3.05, 3.63) is 41.5 Å². The van der Waals surface area contributed by atoms with Crippen molar-refractivity contribution in [2.24, 2.45) is 5.41 Å². The Morgan fingerprint density at radius 2 is 1.84 bits per heavy atom. The van der Waals surface area contributed by atoms with E-state index in [1.165, 1.54) is 0 Å². The van der Waals surface area contributed by atoms with Gasteiger partial charge in [-0.05, 0) is 37.6 Å². The van der Waals surface area contributed by atoms with E-state index < -0.39 is 64.3 Å². The molecule has 12 heteroatoms. The lowest BCUT2D eigenvalue weighted by atomic mass is 9.74. The van der Waals surface area contributed by atoms with Gasteiger partial charge in [0.2, 0.25) is 5.91 Å². The van der Waals surface area contributed by atoms with Gasteiger partial charge in [0.15, 0.2) is 5.41 Å². The molecule has 0 spiro atoms. The third kappa shape index (κ3) is 3.70. The number of carbonyl (C=O) groups excluding carboxylic acids is 2. The Kier molecular flexibility index (Phi) is 5.77. The number of likely N-dealkylation sites (tertiary alicyclic amines) is 1. The summed E-state index contributed by atoms with van der Waals surface area (Å²) in [6.07, 6.45) is -4.98. The summed E-state index contributed by atoms with van der Waals surface area (Å²) in [5.74, 6) is -5.94. The first-order valence-electron chi connectivity index (χ1n) is 9.48. The van der Waals surface area contributed by atoms with Gasteiger partial charge in [-0.1, -0.05) is 6.07 Å². The zero-order chi connectivity index (χ0) is 24.0. The molecule has 0 bridgehead atoms. The third-order valence-electron chi connectivity index (χ3n) is 5.71. The van der Waals surface area contributed by atoms with Gasteiger partial charge in [-0.3, -0.25) is 14.4 Å². The normalized spacial score (nSPS) is 26.2. The van der Waals surface area contributed by atoms with Crippen molar-refractivity contribution < 1.29 is 47.7 Å². The van der Waals surface area contributed by atoms with E-state index in [4.69, 9.17) is 0 Å². The van der Waals surface area contributed by atoms with Crippen molar-refractivity contribution in [2.45, 2.75) is 31.7 Å². The lowest BCUT2D eigenvalue weighted by molar-refractivity contribution is -0.158. The molecule has 2 heterocycles. The number of alkyl halides is 3. The maximum Gasteiger partial charge on any atom is 0.416 e. The van der Waals surface area contributed by atoms with Gasteiger partial charge in [0.1, 0.15) is 5.57 Å². The number of carboxylic acids is 2. The van der Waals surface area contributed by atoms with Crippen molar-refractivity contribution in [2.75, 3.05) is 18.0 Å². The fourth-order valence-corrected chi connectivity index (χ4v) is 4.01. The Morgan fingerprint density at radius 1 is 1.19 bits per heavy atom. The van der Waals surface area contributed by atoms with Crippen LogP contribution in [0.4, 0.5) is 18.9 Å². The van der Waals surface area contributed by atoms with Crippen LogP contribution in [0, 0.1) is 5.41 Å². The Labute approximate surface area is 179 Å². The fraction of sp³-hybridized carbons (Fsp3) is 0.400. The molecule has 1 fully saturated rings. The lowest BCUT2D eigenvalue weighted by Gasteiger charge is -2.43. The van der Waals surface area contributed by atoms with Crippen LogP contribution in [0.3, 0.4) is 0 Å². The standard InChI is InChI=1S/C20H19F3N2O7/c1-10-19(18(31)32,17(30)24-6-5-13(26)9-24)8-14(16(28)29)15(27)25(10)12-4-2-3-11(7-12)20(21,22)23/h2-4,7-8,10,13,26H,5-6,9H2,1H3,(H,28,29)(H,31,32). The summed E-state index contributed by atoms with van der Waals surface area (Å²) in [6, 6.07) is 1.81. The molecule has 2 aliphatic heterocycles. The molecule has 0 aliphatic carbocycles. The first-order chi connectivity index (χ1) is 14.8. The number of amides is 2. The zero-order valence-corrected chi connectivity index (χ0v) is 16.7. The average Bonchev–Trinajstić information content (AvgIpc) is 3.13. The molecule has 3 unspecified atom stereocenters. The molecular formula is C20H19F3N2O7. The predicted octanol–water partition coefficient (Wildman–Crippen LogP) is 1.12. The van der Waals surface area contributed by atoms with Crippen LogP contribution in [0.15, 0.2) is 35.9 Å². The highest BCUT2D eigenvalue weighted by Gasteiger charge is 2.59.